The van der Waals surface area contributed by atoms with Gasteiger partial charge in [0, 0.05) is 11.8 Å². The van der Waals surface area contributed by atoms with Gasteiger partial charge < -0.3 is 10.1 Å². The number of amides is 1. The van der Waals surface area contributed by atoms with E-state index in [1.54, 1.807) is 6.92 Å². The highest BCUT2D eigenvalue weighted by Crippen LogP contribution is 2.49. The smallest absolute Gasteiger partial charge is 0.329 e. The number of hydrogen-bond acceptors (Lipinski definition) is 3. The molecule has 1 spiro atoms. The number of ether oxygens (including phenoxy) is 1. The average Bonchev–Trinajstić information content (AvgIpc) is 2.72. The van der Waals surface area contributed by atoms with Crippen molar-refractivity contribution < 1.29 is 14.3 Å². The molecule has 90 valence electrons. The summed E-state index contributed by atoms with van der Waals surface area (Å²) in [6, 6.07) is -0.412. The quantitative estimate of drug-likeness (QED) is 0.719. The van der Waals surface area contributed by atoms with Crippen LogP contribution in [-0.2, 0) is 14.3 Å². The van der Waals surface area contributed by atoms with E-state index < -0.39 is 6.04 Å². The van der Waals surface area contributed by atoms with Crippen molar-refractivity contribution in [3.63, 3.8) is 0 Å². The molecule has 2 rings (SSSR count). The molecule has 0 aromatic heterocycles. The minimum atomic E-state index is -0.412. The normalized spacial score (nSPS) is 37.8. The number of nitrogens with one attached hydrogen (secondary N) is 1. The third-order valence-corrected chi connectivity index (χ3v) is 3.84. The first-order chi connectivity index (χ1) is 7.57. The summed E-state index contributed by atoms with van der Waals surface area (Å²) < 4.78 is 5.04. The van der Waals surface area contributed by atoms with Gasteiger partial charge in [-0.25, -0.2) is 4.79 Å². The van der Waals surface area contributed by atoms with Crippen LogP contribution in [0.1, 0.15) is 39.5 Å². The highest BCUT2D eigenvalue weighted by molar-refractivity contribution is 5.90. The Labute approximate surface area is 95.7 Å². The summed E-state index contributed by atoms with van der Waals surface area (Å²) in [5, 5.41) is 2.78. The Bertz CT molecular complexity index is 315. The molecule has 1 aliphatic carbocycles. The Morgan fingerprint density at radius 2 is 2.38 bits per heavy atom. The molecule has 1 heterocycles. The van der Waals surface area contributed by atoms with Gasteiger partial charge in [0.2, 0.25) is 5.91 Å². The third-order valence-electron chi connectivity index (χ3n) is 3.84. The summed E-state index contributed by atoms with van der Waals surface area (Å²) in [6.45, 7) is 4.34. The Balaban J connectivity index is 2.16. The van der Waals surface area contributed by atoms with Crippen LogP contribution in [0.4, 0.5) is 0 Å². The molecule has 0 radical (unpaired) electrons. The maximum Gasteiger partial charge on any atom is 0.329 e. The molecule has 1 amide bonds. The Kier molecular flexibility index (Phi) is 2.91. The molecule has 2 fully saturated rings. The topological polar surface area (TPSA) is 55.4 Å². The molecule has 16 heavy (non-hydrogen) atoms. The predicted octanol–water partition coefficient (Wildman–Crippen LogP) is 1.24. The molecule has 1 N–H and O–H groups in total. The first-order valence-corrected chi connectivity index (χ1v) is 6.03. The van der Waals surface area contributed by atoms with Crippen LogP contribution in [0.3, 0.4) is 0 Å². The summed E-state index contributed by atoms with van der Waals surface area (Å²) >= 11 is 0. The van der Waals surface area contributed by atoms with Gasteiger partial charge in [0.1, 0.15) is 6.04 Å². The van der Waals surface area contributed by atoms with Gasteiger partial charge >= 0.3 is 5.97 Å². The van der Waals surface area contributed by atoms with Gasteiger partial charge in [-0.1, -0.05) is 13.3 Å². The number of hydrogen-bond donors (Lipinski definition) is 1. The second-order valence-corrected chi connectivity index (χ2v) is 5.14. The van der Waals surface area contributed by atoms with Crippen molar-refractivity contribution in [2.24, 2.45) is 11.3 Å². The molecule has 1 saturated heterocycles. The van der Waals surface area contributed by atoms with Crippen LogP contribution >= 0.6 is 0 Å². The van der Waals surface area contributed by atoms with E-state index in [-0.39, 0.29) is 17.3 Å². The minimum Gasteiger partial charge on any atom is -0.464 e. The van der Waals surface area contributed by atoms with Crippen LogP contribution in [-0.4, -0.2) is 24.5 Å². The van der Waals surface area contributed by atoms with Crippen LogP contribution < -0.4 is 5.32 Å². The van der Waals surface area contributed by atoms with E-state index in [4.69, 9.17) is 4.74 Å². The molecule has 0 aromatic rings. The van der Waals surface area contributed by atoms with Gasteiger partial charge in [0.05, 0.1) is 6.61 Å². The summed E-state index contributed by atoms with van der Waals surface area (Å²) in [5.74, 6) is 0.333. The highest BCUT2D eigenvalue weighted by atomic mass is 16.5. The van der Waals surface area contributed by atoms with E-state index in [1.807, 2.05) is 0 Å². The molecule has 1 aliphatic heterocycles. The fourth-order valence-electron chi connectivity index (χ4n) is 3.18. The van der Waals surface area contributed by atoms with E-state index in [0.717, 1.165) is 19.3 Å². The lowest BCUT2D eigenvalue weighted by atomic mass is 9.78. The van der Waals surface area contributed by atoms with E-state index in [0.29, 0.717) is 18.9 Å². The summed E-state index contributed by atoms with van der Waals surface area (Å²) in [5.41, 5.74) is -0.164. The van der Waals surface area contributed by atoms with Gasteiger partial charge in [-0.05, 0) is 25.7 Å². The number of carbonyl (C=O) groups is 2. The lowest BCUT2D eigenvalue weighted by molar-refractivity contribution is -0.148. The highest BCUT2D eigenvalue weighted by Gasteiger charge is 2.53. The van der Waals surface area contributed by atoms with E-state index >= 15 is 0 Å². The number of rotatable bonds is 2. The van der Waals surface area contributed by atoms with Gasteiger partial charge in [-0.15, -0.1) is 0 Å². The standard InChI is InChI=1S/C12H19NO3/c1-3-16-11(15)10-12(7-9(14)13-10)5-4-8(2)6-12/h8,10H,3-7H2,1-2H3,(H,13,14). The monoisotopic (exact) mass is 225 g/mol. The van der Waals surface area contributed by atoms with Gasteiger partial charge in [-0.2, -0.15) is 0 Å². The van der Waals surface area contributed by atoms with Crippen molar-refractivity contribution in [2.75, 3.05) is 6.61 Å². The first-order valence-electron chi connectivity index (χ1n) is 6.03. The van der Waals surface area contributed by atoms with Crippen LogP contribution in [0, 0.1) is 11.3 Å². The lowest BCUT2D eigenvalue weighted by Gasteiger charge is -2.27. The van der Waals surface area contributed by atoms with Crippen LogP contribution in [0.25, 0.3) is 0 Å². The molecular weight excluding hydrogens is 206 g/mol. The number of esters is 1. The maximum atomic E-state index is 11.8. The van der Waals surface area contributed by atoms with Crippen molar-refractivity contribution >= 4 is 11.9 Å². The van der Waals surface area contributed by atoms with Crippen molar-refractivity contribution in [1.29, 1.82) is 0 Å². The minimum absolute atomic E-state index is 0.00727. The summed E-state index contributed by atoms with van der Waals surface area (Å²) in [7, 11) is 0. The number of carbonyl (C=O) groups excluding carboxylic acids is 2. The van der Waals surface area contributed by atoms with Crippen molar-refractivity contribution in [2.45, 2.75) is 45.6 Å². The first kappa shape index (κ1) is 11.4. The Morgan fingerprint density at radius 3 is 2.94 bits per heavy atom. The summed E-state index contributed by atoms with van der Waals surface area (Å²) in [4.78, 5) is 23.3. The van der Waals surface area contributed by atoms with Crippen LogP contribution in [0.15, 0.2) is 0 Å². The van der Waals surface area contributed by atoms with Crippen molar-refractivity contribution in [3.8, 4) is 0 Å². The van der Waals surface area contributed by atoms with Gasteiger partial charge in [0.25, 0.3) is 0 Å². The second-order valence-electron chi connectivity index (χ2n) is 5.14. The Hall–Kier alpha value is -1.06. The zero-order chi connectivity index (χ0) is 11.8. The van der Waals surface area contributed by atoms with Gasteiger partial charge in [-0.3, -0.25) is 4.79 Å². The van der Waals surface area contributed by atoms with Crippen LogP contribution in [0.5, 0.6) is 0 Å². The maximum absolute atomic E-state index is 11.8. The molecule has 0 aromatic carbocycles. The molecule has 3 atom stereocenters. The van der Waals surface area contributed by atoms with E-state index in [1.165, 1.54) is 0 Å². The largest absolute Gasteiger partial charge is 0.464 e. The molecule has 0 bridgehead atoms. The molecule has 4 nitrogen and oxygen atoms in total. The molecule has 1 saturated carbocycles. The lowest BCUT2D eigenvalue weighted by Crippen LogP contribution is -2.43. The van der Waals surface area contributed by atoms with E-state index in [2.05, 4.69) is 12.2 Å². The molecule has 2 aliphatic rings. The SMILES string of the molecule is CCOC(=O)C1NC(=O)CC12CCC(C)C2. The fraction of sp³-hybridized carbons (Fsp3) is 0.833. The summed E-state index contributed by atoms with van der Waals surface area (Å²) in [6.07, 6.45) is 3.50. The zero-order valence-corrected chi connectivity index (χ0v) is 9.91. The second kappa shape index (κ2) is 4.07. The van der Waals surface area contributed by atoms with E-state index in [9.17, 15) is 9.59 Å². The molecule has 4 heteroatoms. The third kappa shape index (κ3) is 1.81. The van der Waals surface area contributed by atoms with Gasteiger partial charge in [0.15, 0.2) is 0 Å². The predicted molar refractivity (Wildman–Crippen MR) is 58.6 cm³/mol. The zero-order valence-electron chi connectivity index (χ0n) is 9.91. The Morgan fingerprint density at radius 1 is 1.62 bits per heavy atom. The van der Waals surface area contributed by atoms with Crippen molar-refractivity contribution in [3.05, 3.63) is 0 Å². The average molecular weight is 225 g/mol. The van der Waals surface area contributed by atoms with Crippen molar-refractivity contribution in [1.82, 2.24) is 5.32 Å². The molecule has 3 unspecified atom stereocenters. The molecular formula is C12H19NO3. The van der Waals surface area contributed by atoms with Crippen LogP contribution in [0.2, 0.25) is 0 Å². The fourth-order valence-corrected chi connectivity index (χ4v) is 3.18.